The molecule has 2 heterocycles. The molecule has 0 unspecified atom stereocenters. The highest BCUT2D eigenvalue weighted by molar-refractivity contribution is 7.20. The first-order valence-corrected chi connectivity index (χ1v) is 9.07. The first-order chi connectivity index (χ1) is 13.1. The zero-order chi connectivity index (χ0) is 19.0. The number of aryl methyl sites for hydroxylation is 1. The third kappa shape index (κ3) is 3.09. The number of anilines is 2. The maximum atomic E-state index is 13.3. The molecule has 0 spiro atoms. The normalized spacial score (nSPS) is 10.7. The van der Waals surface area contributed by atoms with Crippen molar-refractivity contribution in [3.05, 3.63) is 87.3 Å². The molecule has 4 nitrogen and oxygen atoms in total. The number of hydrogen-bond acceptors (Lipinski definition) is 4. The number of hydrogen-bond donors (Lipinski definition) is 1. The number of halogens is 1. The van der Waals surface area contributed by atoms with Gasteiger partial charge in [-0.15, -0.1) is 11.3 Å². The van der Waals surface area contributed by atoms with Crippen molar-refractivity contribution in [1.82, 2.24) is 4.57 Å². The van der Waals surface area contributed by atoms with Gasteiger partial charge in [-0.1, -0.05) is 12.1 Å². The van der Waals surface area contributed by atoms with Crippen molar-refractivity contribution in [2.24, 2.45) is 0 Å². The fourth-order valence-electron chi connectivity index (χ4n) is 2.99. The van der Waals surface area contributed by atoms with Crippen LogP contribution in [0.5, 0.6) is 0 Å². The summed E-state index contributed by atoms with van der Waals surface area (Å²) in [6, 6.07) is 18.9. The summed E-state index contributed by atoms with van der Waals surface area (Å²) in [4.78, 5) is 13.6. The fourth-order valence-corrected chi connectivity index (χ4v) is 4.06. The molecule has 0 fully saturated rings. The minimum atomic E-state index is -0.371. The molecule has 0 saturated carbocycles. The number of thiophene rings is 1. The van der Waals surface area contributed by atoms with E-state index in [2.05, 4.69) is 11.4 Å². The first kappa shape index (κ1) is 17.0. The van der Waals surface area contributed by atoms with Gasteiger partial charge in [-0.2, -0.15) is 5.26 Å². The smallest absolute Gasteiger partial charge is 0.256 e. The summed E-state index contributed by atoms with van der Waals surface area (Å²) in [5, 5.41) is 13.7. The molecule has 0 amide bonds. The molecule has 0 aliphatic carbocycles. The summed E-state index contributed by atoms with van der Waals surface area (Å²) in [6.07, 6.45) is 0. The van der Waals surface area contributed by atoms with Gasteiger partial charge in [0.15, 0.2) is 0 Å². The number of benzene rings is 2. The predicted octanol–water partition coefficient (Wildman–Crippen LogP) is 5.12. The topological polar surface area (TPSA) is 57.8 Å². The zero-order valence-electron chi connectivity index (χ0n) is 14.4. The molecular weight excluding hydrogens is 361 g/mol. The lowest BCUT2D eigenvalue weighted by molar-refractivity contribution is 0.627. The molecule has 4 rings (SSSR count). The van der Waals surface area contributed by atoms with Crippen LogP contribution >= 0.6 is 11.3 Å². The Morgan fingerprint density at radius 2 is 1.89 bits per heavy atom. The molecule has 2 aromatic carbocycles. The van der Waals surface area contributed by atoms with Crippen LogP contribution in [0.15, 0.2) is 65.5 Å². The fraction of sp³-hybridized carbons (Fsp3) is 0.0476. The Balaban J connectivity index is 1.94. The van der Waals surface area contributed by atoms with E-state index in [9.17, 15) is 14.4 Å². The van der Waals surface area contributed by atoms with Gasteiger partial charge in [0.25, 0.3) is 5.56 Å². The lowest BCUT2D eigenvalue weighted by Gasteiger charge is -2.09. The number of pyridine rings is 1. The van der Waals surface area contributed by atoms with Crippen molar-refractivity contribution in [2.75, 3.05) is 5.32 Å². The molecule has 6 heteroatoms. The van der Waals surface area contributed by atoms with Gasteiger partial charge in [0.2, 0.25) is 0 Å². The Morgan fingerprint density at radius 3 is 2.59 bits per heavy atom. The molecule has 4 aromatic rings. The Kier molecular flexibility index (Phi) is 4.22. The summed E-state index contributed by atoms with van der Waals surface area (Å²) < 4.78 is 14.8. The Hall–Kier alpha value is -3.43. The van der Waals surface area contributed by atoms with Crippen molar-refractivity contribution >= 4 is 32.9 Å². The number of fused-ring (bicyclic) bond motifs is 1. The summed E-state index contributed by atoms with van der Waals surface area (Å²) in [7, 11) is 0. The van der Waals surface area contributed by atoms with Crippen LogP contribution in [0, 0.1) is 24.1 Å². The van der Waals surface area contributed by atoms with E-state index in [1.807, 2.05) is 31.2 Å². The van der Waals surface area contributed by atoms with E-state index in [4.69, 9.17) is 0 Å². The van der Waals surface area contributed by atoms with Crippen LogP contribution in [0.3, 0.4) is 0 Å². The molecular formula is C21H14FN3OS. The highest BCUT2D eigenvalue weighted by atomic mass is 32.1. The predicted molar refractivity (Wildman–Crippen MR) is 107 cm³/mol. The van der Waals surface area contributed by atoms with E-state index in [0.29, 0.717) is 21.1 Å². The van der Waals surface area contributed by atoms with Crippen LogP contribution in [0.1, 0.15) is 10.4 Å². The Bertz CT molecular complexity index is 1250. The average Bonchev–Trinajstić information content (AvgIpc) is 3.00. The summed E-state index contributed by atoms with van der Waals surface area (Å²) >= 11 is 1.23. The number of nitriles is 1. The van der Waals surface area contributed by atoms with Crippen molar-refractivity contribution in [3.8, 4) is 11.8 Å². The number of nitrogens with zero attached hydrogens (tertiary/aromatic N) is 2. The molecule has 27 heavy (non-hydrogen) atoms. The minimum absolute atomic E-state index is 0.234. The van der Waals surface area contributed by atoms with Crippen molar-refractivity contribution < 1.29 is 4.39 Å². The summed E-state index contributed by atoms with van der Waals surface area (Å²) in [5.74, 6) is -0.371. The minimum Gasteiger partial charge on any atom is -0.353 e. The van der Waals surface area contributed by atoms with Crippen LogP contribution in [0.25, 0.3) is 15.9 Å². The maximum absolute atomic E-state index is 13.3. The molecule has 0 aliphatic rings. The standard InChI is InChI=1S/C21H14FN3OS/c1-13-3-2-4-15(11-13)24-20-17-9-10-19(26)25(21(17)27-18(20)12-23)16-7-5-14(22)6-8-16/h2-11,24H,1H3. The SMILES string of the molecule is Cc1cccc(Nc2c(C#N)sc3c2ccc(=O)n3-c2ccc(F)cc2)c1. The maximum Gasteiger partial charge on any atom is 0.256 e. The van der Waals surface area contributed by atoms with Crippen molar-refractivity contribution in [2.45, 2.75) is 6.92 Å². The van der Waals surface area contributed by atoms with E-state index in [0.717, 1.165) is 16.6 Å². The second-order valence-electron chi connectivity index (χ2n) is 6.11. The van der Waals surface area contributed by atoms with Gasteiger partial charge in [0.05, 0.1) is 11.4 Å². The van der Waals surface area contributed by atoms with Gasteiger partial charge < -0.3 is 5.32 Å². The third-order valence-electron chi connectivity index (χ3n) is 4.22. The van der Waals surface area contributed by atoms with E-state index in [-0.39, 0.29) is 11.4 Å². The average molecular weight is 375 g/mol. The summed E-state index contributed by atoms with van der Waals surface area (Å²) in [5.41, 5.74) is 2.95. The number of aromatic nitrogens is 1. The Morgan fingerprint density at radius 1 is 1.11 bits per heavy atom. The van der Waals surface area contributed by atoms with Crippen LogP contribution in [0.2, 0.25) is 0 Å². The number of nitrogens with one attached hydrogen (secondary N) is 1. The number of rotatable bonds is 3. The zero-order valence-corrected chi connectivity index (χ0v) is 15.2. The van der Waals surface area contributed by atoms with Crippen LogP contribution < -0.4 is 10.9 Å². The molecule has 0 atom stereocenters. The van der Waals surface area contributed by atoms with Crippen LogP contribution in [-0.2, 0) is 0 Å². The largest absolute Gasteiger partial charge is 0.353 e. The second kappa shape index (κ2) is 6.71. The van der Waals surface area contributed by atoms with Gasteiger partial charge in [0.1, 0.15) is 21.6 Å². The highest BCUT2D eigenvalue weighted by Crippen LogP contribution is 2.37. The second-order valence-corrected chi connectivity index (χ2v) is 7.11. The van der Waals surface area contributed by atoms with Crippen LogP contribution in [-0.4, -0.2) is 4.57 Å². The molecule has 0 radical (unpaired) electrons. The van der Waals surface area contributed by atoms with E-state index in [1.54, 1.807) is 18.2 Å². The quantitative estimate of drug-likeness (QED) is 0.541. The molecule has 1 N–H and O–H groups in total. The van der Waals surface area contributed by atoms with Gasteiger partial charge in [-0.25, -0.2) is 4.39 Å². The summed E-state index contributed by atoms with van der Waals surface area (Å²) in [6.45, 7) is 1.99. The van der Waals surface area contributed by atoms with Gasteiger partial charge >= 0.3 is 0 Å². The molecule has 0 saturated heterocycles. The van der Waals surface area contributed by atoms with E-state index < -0.39 is 0 Å². The molecule has 132 valence electrons. The van der Waals surface area contributed by atoms with Crippen molar-refractivity contribution in [3.63, 3.8) is 0 Å². The van der Waals surface area contributed by atoms with Gasteiger partial charge in [0, 0.05) is 17.1 Å². The molecule has 0 bridgehead atoms. The lowest BCUT2D eigenvalue weighted by Crippen LogP contribution is -2.16. The monoisotopic (exact) mass is 375 g/mol. The van der Waals surface area contributed by atoms with E-state index >= 15 is 0 Å². The van der Waals surface area contributed by atoms with E-state index in [1.165, 1.54) is 34.1 Å². The van der Waals surface area contributed by atoms with Gasteiger partial charge in [-0.05, 0) is 55.0 Å². The first-order valence-electron chi connectivity index (χ1n) is 8.25. The Labute approximate surface area is 158 Å². The molecule has 2 aromatic heterocycles. The third-order valence-corrected chi connectivity index (χ3v) is 5.31. The molecule has 0 aliphatic heterocycles. The highest BCUT2D eigenvalue weighted by Gasteiger charge is 2.17. The van der Waals surface area contributed by atoms with Crippen molar-refractivity contribution in [1.29, 1.82) is 5.26 Å². The van der Waals surface area contributed by atoms with Gasteiger partial charge in [-0.3, -0.25) is 9.36 Å². The lowest BCUT2D eigenvalue weighted by atomic mass is 10.2. The van der Waals surface area contributed by atoms with Crippen LogP contribution in [0.4, 0.5) is 15.8 Å².